The van der Waals surface area contributed by atoms with Gasteiger partial charge in [0.15, 0.2) is 0 Å². The first-order valence-corrected chi connectivity index (χ1v) is 15.1. The van der Waals surface area contributed by atoms with Crippen molar-refractivity contribution < 1.29 is 18.0 Å². The fourth-order valence-corrected chi connectivity index (χ4v) is 6.11. The lowest BCUT2D eigenvalue weighted by Crippen LogP contribution is -2.53. The first-order valence-electron chi connectivity index (χ1n) is 13.7. The summed E-state index contributed by atoms with van der Waals surface area (Å²) in [6, 6.07) is 18.9. The zero-order valence-corrected chi connectivity index (χ0v) is 25.4. The Bertz CT molecular complexity index is 1430. The molecule has 0 bridgehead atoms. The maximum Gasteiger partial charge on any atom is 0.264 e. The van der Waals surface area contributed by atoms with E-state index in [4.69, 9.17) is 0 Å². The molecule has 0 saturated carbocycles. The molecule has 0 aliphatic rings. The lowest BCUT2D eigenvalue weighted by atomic mass is 10.1. The topological polar surface area (TPSA) is 86.8 Å². The van der Waals surface area contributed by atoms with Gasteiger partial charge in [-0.1, -0.05) is 72.1 Å². The van der Waals surface area contributed by atoms with E-state index in [1.54, 1.807) is 30.3 Å². The van der Waals surface area contributed by atoms with Gasteiger partial charge in [0, 0.05) is 12.6 Å². The van der Waals surface area contributed by atoms with Crippen molar-refractivity contribution >= 4 is 27.5 Å². The second-order valence-corrected chi connectivity index (χ2v) is 12.6. The van der Waals surface area contributed by atoms with E-state index in [1.165, 1.54) is 9.21 Å². The summed E-state index contributed by atoms with van der Waals surface area (Å²) in [5.74, 6) is -0.723. The van der Waals surface area contributed by atoms with Crippen LogP contribution in [0.25, 0.3) is 0 Å². The van der Waals surface area contributed by atoms with E-state index in [1.807, 2.05) is 84.9 Å². The van der Waals surface area contributed by atoms with Gasteiger partial charge in [0.05, 0.1) is 10.6 Å². The number of hydrogen-bond donors (Lipinski definition) is 1. The van der Waals surface area contributed by atoms with Crippen LogP contribution in [0, 0.1) is 27.7 Å². The Morgan fingerprint density at radius 3 is 1.90 bits per heavy atom. The SMILES string of the molecule is CC[C@@H](C(=O)NC(C)C)N(Cc1ccc(C)cc1)C(=O)CN(c1ccc(C)cc1C)S(=O)(=O)c1ccc(C)cc1. The van der Waals surface area contributed by atoms with Crippen LogP contribution >= 0.6 is 0 Å². The molecule has 0 aliphatic carbocycles. The first-order chi connectivity index (χ1) is 18.8. The van der Waals surface area contributed by atoms with Gasteiger partial charge in [0.1, 0.15) is 12.6 Å². The van der Waals surface area contributed by atoms with Gasteiger partial charge < -0.3 is 10.2 Å². The monoisotopic (exact) mass is 563 g/mol. The molecule has 0 fully saturated rings. The highest BCUT2D eigenvalue weighted by molar-refractivity contribution is 7.92. The zero-order chi connectivity index (χ0) is 29.6. The van der Waals surface area contributed by atoms with Gasteiger partial charge in [-0.2, -0.15) is 0 Å². The molecule has 2 amide bonds. The third-order valence-corrected chi connectivity index (χ3v) is 8.57. The average molecular weight is 564 g/mol. The normalized spacial score (nSPS) is 12.2. The minimum Gasteiger partial charge on any atom is -0.352 e. The van der Waals surface area contributed by atoms with E-state index < -0.39 is 28.5 Å². The Hall–Kier alpha value is -3.65. The number of benzene rings is 3. The molecule has 0 spiro atoms. The Balaban J connectivity index is 2.09. The number of hydrogen-bond acceptors (Lipinski definition) is 4. The molecule has 40 heavy (non-hydrogen) atoms. The molecule has 1 atom stereocenters. The van der Waals surface area contributed by atoms with Crippen LogP contribution in [0.5, 0.6) is 0 Å². The summed E-state index contributed by atoms with van der Waals surface area (Å²) in [6.45, 7) is 13.0. The van der Waals surface area contributed by atoms with Crippen LogP contribution in [0.3, 0.4) is 0 Å². The summed E-state index contributed by atoms with van der Waals surface area (Å²) in [5.41, 5.74) is 5.01. The van der Waals surface area contributed by atoms with Crippen molar-refractivity contribution in [1.82, 2.24) is 10.2 Å². The highest BCUT2D eigenvalue weighted by atomic mass is 32.2. The molecule has 0 unspecified atom stereocenters. The van der Waals surface area contributed by atoms with Crippen molar-refractivity contribution in [2.75, 3.05) is 10.8 Å². The summed E-state index contributed by atoms with van der Waals surface area (Å²) in [5, 5.41) is 2.92. The van der Waals surface area contributed by atoms with Gasteiger partial charge in [0.25, 0.3) is 10.0 Å². The van der Waals surface area contributed by atoms with E-state index in [0.717, 1.165) is 27.8 Å². The maximum absolute atomic E-state index is 14.1. The predicted molar refractivity (Wildman–Crippen MR) is 161 cm³/mol. The maximum atomic E-state index is 14.1. The van der Waals surface area contributed by atoms with Crippen LogP contribution in [0.1, 0.15) is 55.0 Å². The molecule has 1 N–H and O–H groups in total. The van der Waals surface area contributed by atoms with Crippen LogP contribution in [-0.4, -0.2) is 43.8 Å². The standard InChI is InChI=1S/C32H41N3O4S/c1-8-29(32(37)33-22(2)3)34(20-27-14-9-23(4)10-15-27)31(36)21-35(30-18-13-25(6)19-26(30)7)40(38,39)28-16-11-24(5)12-17-28/h9-19,22,29H,8,20-21H2,1-7H3,(H,33,37)/t29-/m0/s1. The molecular formula is C32H41N3O4S. The van der Waals surface area contributed by atoms with Crippen molar-refractivity contribution in [1.29, 1.82) is 0 Å². The van der Waals surface area contributed by atoms with Crippen LogP contribution in [0.2, 0.25) is 0 Å². The molecule has 0 saturated heterocycles. The second kappa shape index (κ2) is 13.1. The second-order valence-electron chi connectivity index (χ2n) is 10.7. The fraction of sp³-hybridized carbons (Fsp3) is 0.375. The van der Waals surface area contributed by atoms with Crippen LogP contribution in [0.4, 0.5) is 5.69 Å². The molecule has 0 aliphatic heterocycles. The Kier molecular flexibility index (Phi) is 10.1. The number of anilines is 1. The zero-order valence-electron chi connectivity index (χ0n) is 24.6. The molecule has 0 heterocycles. The van der Waals surface area contributed by atoms with E-state index >= 15 is 0 Å². The third kappa shape index (κ3) is 7.50. The molecule has 7 nitrogen and oxygen atoms in total. The molecule has 3 aromatic rings. The largest absolute Gasteiger partial charge is 0.352 e. The van der Waals surface area contributed by atoms with Gasteiger partial charge in [-0.25, -0.2) is 8.42 Å². The Morgan fingerprint density at radius 1 is 0.825 bits per heavy atom. The number of nitrogens with one attached hydrogen (secondary N) is 1. The van der Waals surface area contributed by atoms with Gasteiger partial charge in [-0.3, -0.25) is 13.9 Å². The van der Waals surface area contributed by atoms with E-state index in [2.05, 4.69) is 5.32 Å². The summed E-state index contributed by atoms with van der Waals surface area (Å²) in [7, 11) is -4.10. The molecule has 0 radical (unpaired) electrons. The van der Waals surface area contributed by atoms with E-state index in [-0.39, 0.29) is 23.4 Å². The van der Waals surface area contributed by atoms with Gasteiger partial charge in [0.2, 0.25) is 11.8 Å². The minimum absolute atomic E-state index is 0.0977. The molecule has 214 valence electrons. The Morgan fingerprint density at radius 2 is 1.38 bits per heavy atom. The summed E-state index contributed by atoms with van der Waals surface area (Å²) < 4.78 is 29.2. The van der Waals surface area contributed by atoms with Gasteiger partial charge in [-0.15, -0.1) is 0 Å². The van der Waals surface area contributed by atoms with Crippen LogP contribution < -0.4 is 9.62 Å². The number of rotatable bonds is 11. The molecule has 3 aromatic carbocycles. The smallest absolute Gasteiger partial charge is 0.264 e. The molecule has 0 aromatic heterocycles. The lowest BCUT2D eigenvalue weighted by molar-refractivity contribution is -0.140. The van der Waals surface area contributed by atoms with Crippen molar-refractivity contribution in [2.45, 2.75) is 78.4 Å². The van der Waals surface area contributed by atoms with Crippen molar-refractivity contribution in [3.63, 3.8) is 0 Å². The lowest BCUT2D eigenvalue weighted by Gasteiger charge is -2.34. The van der Waals surface area contributed by atoms with Gasteiger partial charge >= 0.3 is 0 Å². The van der Waals surface area contributed by atoms with Crippen LogP contribution in [0.15, 0.2) is 71.6 Å². The number of nitrogens with zero attached hydrogens (tertiary/aromatic N) is 2. The number of aryl methyl sites for hydroxylation is 4. The summed E-state index contributed by atoms with van der Waals surface area (Å²) in [6.07, 6.45) is 0.379. The quantitative estimate of drug-likeness (QED) is 0.336. The first kappa shape index (κ1) is 30.9. The average Bonchev–Trinajstić information content (AvgIpc) is 2.88. The minimum atomic E-state index is -4.10. The number of carbonyl (C=O) groups is 2. The molecule has 8 heteroatoms. The summed E-state index contributed by atoms with van der Waals surface area (Å²) >= 11 is 0. The fourth-order valence-electron chi connectivity index (χ4n) is 4.63. The van der Waals surface area contributed by atoms with Gasteiger partial charge in [-0.05, 0) is 77.3 Å². The van der Waals surface area contributed by atoms with Crippen molar-refractivity contribution in [3.05, 3.63) is 94.5 Å². The molecule has 3 rings (SSSR count). The van der Waals surface area contributed by atoms with E-state index in [9.17, 15) is 18.0 Å². The van der Waals surface area contributed by atoms with Crippen LogP contribution in [-0.2, 0) is 26.2 Å². The number of carbonyl (C=O) groups excluding carboxylic acids is 2. The Labute approximate surface area is 239 Å². The number of sulfonamides is 1. The highest BCUT2D eigenvalue weighted by Crippen LogP contribution is 2.28. The van der Waals surface area contributed by atoms with E-state index in [0.29, 0.717) is 12.1 Å². The molecular weight excluding hydrogens is 522 g/mol. The predicted octanol–water partition coefficient (Wildman–Crippen LogP) is 5.45. The van der Waals surface area contributed by atoms with Crippen molar-refractivity contribution in [2.24, 2.45) is 0 Å². The number of amides is 2. The third-order valence-electron chi connectivity index (χ3n) is 6.80. The van der Waals surface area contributed by atoms with Crippen molar-refractivity contribution in [3.8, 4) is 0 Å². The summed E-state index contributed by atoms with van der Waals surface area (Å²) in [4.78, 5) is 29.0. The highest BCUT2D eigenvalue weighted by Gasteiger charge is 2.34.